The van der Waals surface area contributed by atoms with Crippen molar-refractivity contribution < 1.29 is 28.6 Å². The zero-order chi connectivity index (χ0) is 21.3. The molecule has 1 aliphatic carbocycles. The van der Waals surface area contributed by atoms with Gasteiger partial charge in [-0.1, -0.05) is 30.3 Å². The van der Waals surface area contributed by atoms with E-state index in [1.807, 2.05) is 18.2 Å². The number of hydrogen-bond acceptors (Lipinski definition) is 4. The van der Waals surface area contributed by atoms with Crippen molar-refractivity contribution in [3.8, 4) is 11.1 Å². The molecule has 6 nitrogen and oxygen atoms in total. The second kappa shape index (κ2) is 10.7. The highest BCUT2D eigenvalue weighted by molar-refractivity contribution is 5.91. The Bertz CT molecular complexity index is 847. The van der Waals surface area contributed by atoms with E-state index in [1.165, 1.54) is 12.1 Å². The number of amides is 1. The summed E-state index contributed by atoms with van der Waals surface area (Å²) in [6.45, 7) is 0.538. The molecular formula is C23H26FNO5. The third-order valence-corrected chi connectivity index (χ3v) is 5.31. The molecule has 3 rings (SSSR count). The summed E-state index contributed by atoms with van der Waals surface area (Å²) < 4.78 is 23.8. The molecule has 2 aromatic carbocycles. The monoisotopic (exact) mass is 415 g/mol. The molecule has 0 spiro atoms. The lowest BCUT2D eigenvalue weighted by atomic mass is 9.83. The molecule has 7 heteroatoms. The summed E-state index contributed by atoms with van der Waals surface area (Å²) >= 11 is 0. The predicted octanol–water partition coefficient (Wildman–Crippen LogP) is 4.95. The molecule has 1 fully saturated rings. The van der Waals surface area contributed by atoms with Crippen molar-refractivity contribution in [2.24, 2.45) is 11.8 Å². The first-order valence-corrected chi connectivity index (χ1v) is 10.1. The summed E-state index contributed by atoms with van der Waals surface area (Å²) in [6, 6.07) is 13.4. The van der Waals surface area contributed by atoms with Crippen LogP contribution in [0.1, 0.15) is 25.7 Å². The Labute approximate surface area is 175 Å². The number of hydrogen-bond donors (Lipinski definition) is 2. The van der Waals surface area contributed by atoms with Crippen LogP contribution in [0.5, 0.6) is 0 Å². The van der Waals surface area contributed by atoms with Gasteiger partial charge in [0.2, 0.25) is 0 Å². The first-order chi connectivity index (χ1) is 14.5. The van der Waals surface area contributed by atoms with Gasteiger partial charge < -0.3 is 14.6 Å². The van der Waals surface area contributed by atoms with Crippen LogP contribution in [0.3, 0.4) is 0 Å². The van der Waals surface area contributed by atoms with E-state index in [2.05, 4.69) is 5.32 Å². The highest BCUT2D eigenvalue weighted by Gasteiger charge is 2.23. The molecule has 0 heterocycles. The van der Waals surface area contributed by atoms with Crippen molar-refractivity contribution in [3.63, 3.8) is 0 Å². The topological polar surface area (TPSA) is 84.9 Å². The third-order valence-electron chi connectivity index (χ3n) is 5.31. The number of carboxylic acids is 1. The maximum atomic E-state index is 13.2. The number of rotatable bonds is 8. The second-order valence-electron chi connectivity index (χ2n) is 7.57. The van der Waals surface area contributed by atoms with Crippen molar-refractivity contribution in [2.75, 3.05) is 25.1 Å². The van der Waals surface area contributed by atoms with Gasteiger partial charge in [-0.2, -0.15) is 0 Å². The van der Waals surface area contributed by atoms with Crippen molar-refractivity contribution in [1.29, 1.82) is 0 Å². The van der Waals surface area contributed by atoms with E-state index in [0.29, 0.717) is 30.7 Å². The number of carbonyl (C=O) groups is 2. The minimum Gasteiger partial charge on any atom is -0.480 e. The lowest BCUT2D eigenvalue weighted by Crippen LogP contribution is -2.25. The zero-order valence-corrected chi connectivity index (χ0v) is 16.7. The van der Waals surface area contributed by atoms with E-state index in [9.17, 15) is 14.0 Å². The maximum Gasteiger partial charge on any atom is 0.411 e. The van der Waals surface area contributed by atoms with E-state index in [-0.39, 0.29) is 12.4 Å². The van der Waals surface area contributed by atoms with Crippen LogP contribution < -0.4 is 5.32 Å². The largest absolute Gasteiger partial charge is 0.480 e. The maximum absolute atomic E-state index is 13.2. The van der Waals surface area contributed by atoms with E-state index in [4.69, 9.17) is 14.6 Å². The molecule has 0 atom stereocenters. The first kappa shape index (κ1) is 21.8. The highest BCUT2D eigenvalue weighted by Crippen LogP contribution is 2.30. The number of anilines is 1. The average Bonchev–Trinajstić information content (AvgIpc) is 2.74. The van der Waals surface area contributed by atoms with Crippen LogP contribution in [-0.2, 0) is 14.3 Å². The molecule has 30 heavy (non-hydrogen) atoms. The smallest absolute Gasteiger partial charge is 0.411 e. The number of aliphatic carboxylic acids is 1. The van der Waals surface area contributed by atoms with Gasteiger partial charge in [0.05, 0.1) is 18.9 Å². The molecule has 2 N–H and O–H groups in total. The highest BCUT2D eigenvalue weighted by atomic mass is 19.1. The van der Waals surface area contributed by atoms with Gasteiger partial charge in [-0.05, 0) is 61.3 Å². The fourth-order valence-electron chi connectivity index (χ4n) is 3.69. The molecule has 1 saturated carbocycles. The summed E-state index contributed by atoms with van der Waals surface area (Å²) in [4.78, 5) is 22.8. The van der Waals surface area contributed by atoms with Crippen LogP contribution in [0.15, 0.2) is 48.5 Å². The van der Waals surface area contributed by atoms with Crippen molar-refractivity contribution >= 4 is 17.7 Å². The van der Waals surface area contributed by atoms with Gasteiger partial charge in [0.15, 0.2) is 0 Å². The van der Waals surface area contributed by atoms with Gasteiger partial charge in [-0.25, -0.2) is 14.0 Å². The van der Waals surface area contributed by atoms with Gasteiger partial charge in [0, 0.05) is 5.56 Å². The number of carboxylic acid groups (broad SMARTS) is 1. The van der Waals surface area contributed by atoms with Gasteiger partial charge in [0.1, 0.15) is 12.4 Å². The molecule has 0 aromatic heterocycles. The number of carbonyl (C=O) groups excluding carboxylic acids is 1. The molecule has 1 aliphatic rings. The molecule has 0 aliphatic heterocycles. The summed E-state index contributed by atoms with van der Waals surface area (Å²) in [5.41, 5.74) is 2.19. The summed E-state index contributed by atoms with van der Waals surface area (Å²) in [7, 11) is 0. The van der Waals surface area contributed by atoms with Crippen molar-refractivity contribution in [2.45, 2.75) is 25.7 Å². The van der Waals surface area contributed by atoms with E-state index in [0.717, 1.165) is 36.8 Å². The quantitative estimate of drug-likeness (QED) is 0.637. The first-order valence-electron chi connectivity index (χ1n) is 10.1. The van der Waals surface area contributed by atoms with Crippen LogP contribution in [0.2, 0.25) is 0 Å². The molecule has 0 radical (unpaired) electrons. The molecule has 1 amide bonds. The molecule has 160 valence electrons. The molecule has 2 aromatic rings. The van der Waals surface area contributed by atoms with Crippen LogP contribution in [0.25, 0.3) is 11.1 Å². The lowest BCUT2D eigenvalue weighted by Gasteiger charge is -2.27. The normalized spacial score (nSPS) is 18.6. The number of para-hydroxylation sites is 1. The lowest BCUT2D eigenvalue weighted by molar-refractivity contribution is -0.142. The van der Waals surface area contributed by atoms with E-state index >= 15 is 0 Å². The number of halogens is 1. The number of benzene rings is 2. The Morgan fingerprint density at radius 3 is 2.27 bits per heavy atom. The fraction of sp³-hybridized carbons (Fsp3) is 0.391. The van der Waals surface area contributed by atoms with Gasteiger partial charge >= 0.3 is 12.1 Å². The van der Waals surface area contributed by atoms with Crippen LogP contribution in [0.4, 0.5) is 14.9 Å². The van der Waals surface area contributed by atoms with Crippen LogP contribution in [0, 0.1) is 17.7 Å². The molecule has 0 unspecified atom stereocenters. The second-order valence-corrected chi connectivity index (χ2v) is 7.57. The van der Waals surface area contributed by atoms with E-state index in [1.54, 1.807) is 18.2 Å². The standard InChI is InChI=1S/C23H26FNO5/c24-19-11-9-18(10-12-19)20-3-1-2-4-21(20)25-23(28)30-14-17-7-5-16(6-8-17)13-29-15-22(26)27/h1-4,9-12,16-17H,5-8,13-15H2,(H,25,28)(H,26,27)/t16-,17-. The minimum absolute atomic E-state index is 0.261. The summed E-state index contributed by atoms with van der Waals surface area (Å²) in [5.74, 6) is -0.619. The molecular weight excluding hydrogens is 389 g/mol. The zero-order valence-electron chi connectivity index (χ0n) is 16.7. The fourth-order valence-corrected chi connectivity index (χ4v) is 3.69. The number of ether oxygens (including phenoxy) is 2. The van der Waals surface area contributed by atoms with Crippen molar-refractivity contribution in [3.05, 3.63) is 54.3 Å². The molecule has 0 bridgehead atoms. The van der Waals surface area contributed by atoms with E-state index < -0.39 is 12.1 Å². The minimum atomic E-state index is -0.955. The van der Waals surface area contributed by atoms with Crippen molar-refractivity contribution in [1.82, 2.24) is 0 Å². The van der Waals surface area contributed by atoms with Gasteiger partial charge in [-0.3, -0.25) is 5.32 Å². The Kier molecular flexibility index (Phi) is 7.79. The Morgan fingerprint density at radius 2 is 1.60 bits per heavy atom. The molecule has 0 saturated heterocycles. The Morgan fingerprint density at radius 1 is 0.967 bits per heavy atom. The SMILES string of the molecule is O=C(O)COC[C@H]1CC[C@H](COC(=O)Nc2ccccc2-c2ccc(F)cc2)CC1. The van der Waals surface area contributed by atoms with Crippen LogP contribution >= 0.6 is 0 Å². The predicted molar refractivity (Wildman–Crippen MR) is 111 cm³/mol. The van der Waals surface area contributed by atoms with Gasteiger partial charge in [0.25, 0.3) is 0 Å². The summed E-state index contributed by atoms with van der Waals surface area (Å²) in [6.07, 6.45) is 3.18. The summed E-state index contributed by atoms with van der Waals surface area (Å²) in [5, 5.41) is 11.4. The van der Waals surface area contributed by atoms with Crippen LogP contribution in [-0.4, -0.2) is 37.0 Å². The van der Waals surface area contributed by atoms with Gasteiger partial charge in [-0.15, -0.1) is 0 Å². The third kappa shape index (κ3) is 6.56. The number of nitrogens with one attached hydrogen (secondary N) is 1. The Hall–Kier alpha value is -2.93. The average molecular weight is 415 g/mol. The Balaban J connectivity index is 1.45.